The molecule has 0 atom stereocenters. The normalized spacial score (nSPS) is 10.6. The van der Waals surface area contributed by atoms with Crippen LogP contribution in [0.3, 0.4) is 0 Å². The zero-order chi connectivity index (χ0) is 13.0. The van der Waals surface area contributed by atoms with Crippen LogP contribution in [0.1, 0.15) is 26.0 Å². The second-order valence-electron chi connectivity index (χ2n) is 3.91. The van der Waals surface area contributed by atoms with Crippen LogP contribution in [-0.2, 0) is 6.42 Å². The molecular formula is C13H16BrN3O. The van der Waals surface area contributed by atoms with E-state index in [9.17, 15) is 0 Å². The highest BCUT2D eigenvalue weighted by atomic mass is 79.9. The van der Waals surface area contributed by atoms with Gasteiger partial charge in [0.1, 0.15) is 5.82 Å². The number of furan rings is 1. The largest absolute Gasteiger partial charge is 0.461 e. The zero-order valence-corrected chi connectivity index (χ0v) is 12.1. The van der Waals surface area contributed by atoms with Crippen LogP contribution >= 0.6 is 15.9 Å². The summed E-state index contributed by atoms with van der Waals surface area (Å²) >= 11 is 3.56. The molecule has 0 fully saturated rings. The quantitative estimate of drug-likeness (QED) is 0.910. The maximum absolute atomic E-state index is 5.36. The Morgan fingerprint density at radius 3 is 2.78 bits per heavy atom. The lowest BCUT2D eigenvalue weighted by Crippen LogP contribution is -2.06. The average Bonchev–Trinajstić information content (AvgIpc) is 2.88. The molecule has 0 spiro atoms. The lowest BCUT2D eigenvalue weighted by Gasteiger charge is -2.10. The van der Waals surface area contributed by atoms with Gasteiger partial charge in [-0.3, -0.25) is 0 Å². The number of rotatable bonds is 5. The summed E-state index contributed by atoms with van der Waals surface area (Å²) in [6.45, 7) is 4.99. The number of anilines is 1. The molecule has 0 aliphatic heterocycles. The fourth-order valence-corrected chi connectivity index (χ4v) is 2.21. The van der Waals surface area contributed by atoms with Gasteiger partial charge in [0, 0.05) is 6.54 Å². The van der Waals surface area contributed by atoms with Crippen molar-refractivity contribution in [2.75, 3.05) is 11.9 Å². The monoisotopic (exact) mass is 309 g/mol. The van der Waals surface area contributed by atoms with Crippen molar-refractivity contribution < 1.29 is 4.42 Å². The predicted octanol–water partition coefficient (Wildman–Crippen LogP) is 3.88. The molecule has 2 rings (SSSR count). The molecule has 2 aromatic heterocycles. The van der Waals surface area contributed by atoms with E-state index in [1.54, 1.807) is 6.26 Å². The van der Waals surface area contributed by atoms with Gasteiger partial charge in [-0.1, -0.05) is 13.3 Å². The van der Waals surface area contributed by atoms with E-state index in [0.717, 1.165) is 35.4 Å². The lowest BCUT2D eigenvalue weighted by molar-refractivity contribution is 0.576. The summed E-state index contributed by atoms with van der Waals surface area (Å²) in [6.07, 6.45) is 3.58. The van der Waals surface area contributed by atoms with Crippen LogP contribution in [0.5, 0.6) is 0 Å². The van der Waals surface area contributed by atoms with Crippen molar-refractivity contribution in [2.45, 2.75) is 26.7 Å². The summed E-state index contributed by atoms with van der Waals surface area (Å²) in [7, 11) is 0. The molecular weight excluding hydrogens is 294 g/mol. The molecule has 96 valence electrons. The number of nitrogens with zero attached hydrogens (tertiary/aromatic N) is 2. The summed E-state index contributed by atoms with van der Waals surface area (Å²) in [6, 6.07) is 3.71. The van der Waals surface area contributed by atoms with Gasteiger partial charge in [0.2, 0.25) is 0 Å². The Labute approximate surface area is 115 Å². The second kappa shape index (κ2) is 6.00. The third-order valence-corrected chi connectivity index (χ3v) is 3.33. The number of hydrogen-bond acceptors (Lipinski definition) is 4. The highest BCUT2D eigenvalue weighted by molar-refractivity contribution is 9.10. The molecule has 0 saturated carbocycles. The molecule has 0 bridgehead atoms. The Balaban J connectivity index is 2.47. The van der Waals surface area contributed by atoms with Crippen LogP contribution in [0.4, 0.5) is 5.82 Å². The minimum Gasteiger partial charge on any atom is -0.461 e. The van der Waals surface area contributed by atoms with Crippen LogP contribution < -0.4 is 5.32 Å². The van der Waals surface area contributed by atoms with Crippen LogP contribution in [0.2, 0.25) is 0 Å². The van der Waals surface area contributed by atoms with Crippen molar-refractivity contribution in [3.63, 3.8) is 0 Å². The SMILES string of the molecule is CCCc1nc(-c2ccco2)nc(NCC)c1Br. The first-order chi connectivity index (χ1) is 8.76. The molecule has 0 amide bonds. The van der Waals surface area contributed by atoms with Crippen LogP contribution in [0.25, 0.3) is 11.6 Å². The molecule has 4 nitrogen and oxygen atoms in total. The second-order valence-corrected chi connectivity index (χ2v) is 4.71. The molecule has 2 aromatic rings. The third-order valence-electron chi connectivity index (χ3n) is 2.49. The molecule has 0 radical (unpaired) electrons. The topological polar surface area (TPSA) is 51.0 Å². The summed E-state index contributed by atoms with van der Waals surface area (Å²) in [5.74, 6) is 2.14. The first-order valence-corrected chi connectivity index (χ1v) is 6.89. The van der Waals surface area contributed by atoms with Gasteiger partial charge in [0.25, 0.3) is 0 Å². The van der Waals surface area contributed by atoms with Crippen molar-refractivity contribution in [2.24, 2.45) is 0 Å². The van der Waals surface area contributed by atoms with Crippen LogP contribution in [0.15, 0.2) is 27.3 Å². The fourth-order valence-electron chi connectivity index (χ4n) is 1.70. The number of halogens is 1. The highest BCUT2D eigenvalue weighted by Crippen LogP contribution is 2.28. The Hall–Kier alpha value is -1.36. The average molecular weight is 310 g/mol. The van der Waals surface area contributed by atoms with Crippen molar-refractivity contribution in [3.8, 4) is 11.6 Å². The third kappa shape index (κ3) is 2.72. The molecule has 0 unspecified atom stereocenters. The first-order valence-electron chi connectivity index (χ1n) is 6.10. The van der Waals surface area contributed by atoms with Gasteiger partial charge in [-0.05, 0) is 41.4 Å². The molecule has 0 aliphatic rings. The number of nitrogens with one attached hydrogen (secondary N) is 1. The van der Waals surface area contributed by atoms with Gasteiger partial charge in [0.15, 0.2) is 11.6 Å². The summed E-state index contributed by atoms with van der Waals surface area (Å²) in [4.78, 5) is 9.04. The zero-order valence-electron chi connectivity index (χ0n) is 10.5. The lowest BCUT2D eigenvalue weighted by atomic mass is 10.2. The maximum Gasteiger partial charge on any atom is 0.197 e. The molecule has 5 heteroatoms. The van der Waals surface area contributed by atoms with E-state index in [2.05, 4.69) is 38.1 Å². The van der Waals surface area contributed by atoms with E-state index < -0.39 is 0 Å². The van der Waals surface area contributed by atoms with E-state index in [4.69, 9.17) is 4.42 Å². The van der Waals surface area contributed by atoms with Gasteiger partial charge in [-0.2, -0.15) is 0 Å². The van der Waals surface area contributed by atoms with Gasteiger partial charge >= 0.3 is 0 Å². The van der Waals surface area contributed by atoms with Gasteiger partial charge in [-0.15, -0.1) is 0 Å². The van der Waals surface area contributed by atoms with E-state index in [1.807, 2.05) is 19.1 Å². The molecule has 2 heterocycles. The Bertz CT molecular complexity index is 484. The smallest absolute Gasteiger partial charge is 0.197 e. The molecule has 0 aromatic carbocycles. The van der Waals surface area contributed by atoms with Crippen LogP contribution in [-0.4, -0.2) is 16.5 Å². The highest BCUT2D eigenvalue weighted by Gasteiger charge is 2.13. The Kier molecular flexibility index (Phi) is 4.36. The molecule has 18 heavy (non-hydrogen) atoms. The summed E-state index contributed by atoms with van der Waals surface area (Å²) < 4.78 is 6.30. The van der Waals surface area contributed by atoms with Crippen molar-refractivity contribution in [1.82, 2.24) is 9.97 Å². The number of aryl methyl sites for hydroxylation is 1. The first kappa shape index (κ1) is 13.1. The number of hydrogen-bond donors (Lipinski definition) is 1. The van der Waals surface area contributed by atoms with E-state index in [1.165, 1.54) is 0 Å². The predicted molar refractivity (Wildman–Crippen MR) is 75.6 cm³/mol. The van der Waals surface area contributed by atoms with Gasteiger partial charge < -0.3 is 9.73 Å². The van der Waals surface area contributed by atoms with Gasteiger partial charge in [0.05, 0.1) is 16.4 Å². The number of aromatic nitrogens is 2. The summed E-state index contributed by atoms with van der Waals surface area (Å²) in [5, 5.41) is 3.24. The van der Waals surface area contributed by atoms with Crippen molar-refractivity contribution in [3.05, 3.63) is 28.6 Å². The van der Waals surface area contributed by atoms with E-state index in [-0.39, 0.29) is 0 Å². The summed E-state index contributed by atoms with van der Waals surface area (Å²) in [5.41, 5.74) is 1.01. The standard InChI is InChI=1S/C13H16BrN3O/c1-3-6-9-11(14)13(15-4-2)17-12(16-9)10-7-5-8-18-10/h5,7-8H,3-4,6H2,1-2H3,(H,15,16,17). The molecule has 1 N–H and O–H groups in total. The van der Waals surface area contributed by atoms with Crippen LogP contribution in [0, 0.1) is 0 Å². The van der Waals surface area contributed by atoms with E-state index in [0.29, 0.717) is 11.6 Å². The fraction of sp³-hybridized carbons (Fsp3) is 0.385. The van der Waals surface area contributed by atoms with Crippen molar-refractivity contribution >= 4 is 21.7 Å². The molecule has 0 saturated heterocycles. The minimum atomic E-state index is 0.627. The van der Waals surface area contributed by atoms with Gasteiger partial charge in [-0.25, -0.2) is 9.97 Å². The Morgan fingerprint density at radius 1 is 1.33 bits per heavy atom. The van der Waals surface area contributed by atoms with Crippen molar-refractivity contribution in [1.29, 1.82) is 0 Å². The maximum atomic E-state index is 5.36. The minimum absolute atomic E-state index is 0.627. The van der Waals surface area contributed by atoms with E-state index >= 15 is 0 Å². The Morgan fingerprint density at radius 2 is 2.17 bits per heavy atom. The molecule has 0 aliphatic carbocycles.